The Morgan fingerprint density at radius 1 is 1.23 bits per heavy atom. The van der Waals surface area contributed by atoms with Crippen LogP contribution in [0.5, 0.6) is 0 Å². The van der Waals surface area contributed by atoms with Crippen LogP contribution in [0.2, 0.25) is 0 Å². The van der Waals surface area contributed by atoms with Gasteiger partial charge in [-0.2, -0.15) is 4.98 Å². The van der Waals surface area contributed by atoms with Crippen molar-refractivity contribution in [2.24, 2.45) is 0 Å². The van der Waals surface area contributed by atoms with E-state index in [1.165, 1.54) is 11.1 Å². The quantitative estimate of drug-likeness (QED) is 0.762. The second-order valence-electron chi connectivity index (χ2n) is 5.46. The Bertz CT molecular complexity index is 859. The number of aromatic nitrogens is 3. The number of aryl methyl sites for hydroxylation is 1. The van der Waals surface area contributed by atoms with E-state index in [0.29, 0.717) is 5.95 Å². The van der Waals surface area contributed by atoms with E-state index in [-0.39, 0.29) is 0 Å². The number of hydrogen-bond acceptors (Lipinski definition) is 3. The molecule has 2 heterocycles. The van der Waals surface area contributed by atoms with Gasteiger partial charge in [-0.25, -0.2) is 4.98 Å². The third-order valence-electron chi connectivity index (χ3n) is 4.08. The molecule has 22 heavy (non-hydrogen) atoms. The molecule has 0 fully saturated rings. The summed E-state index contributed by atoms with van der Waals surface area (Å²) in [6, 6.07) is 8.22. The first-order chi connectivity index (χ1) is 10.6. The van der Waals surface area contributed by atoms with Gasteiger partial charge in [0.2, 0.25) is 5.95 Å². The highest BCUT2D eigenvalue weighted by molar-refractivity contribution is 5.80. The molecule has 1 N–H and O–H groups in total. The van der Waals surface area contributed by atoms with E-state index in [1.54, 1.807) is 0 Å². The second kappa shape index (κ2) is 5.64. The Labute approximate surface area is 130 Å². The molecule has 0 saturated carbocycles. The topological polar surface area (TPSA) is 42.7 Å². The van der Waals surface area contributed by atoms with Crippen molar-refractivity contribution < 1.29 is 0 Å². The van der Waals surface area contributed by atoms with E-state index in [1.807, 2.05) is 37.5 Å². The minimum atomic E-state index is 0.616. The van der Waals surface area contributed by atoms with Crippen LogP contribution in [0, 0.1) is 13.8 Å². The van der Waals surface area contributed by atoms with Crippen molar-refractivity contribution in [2.75, 3.05) is 5.32 Å². The molecule has 112 valence electrons. The van der Waals surface area contributed by atoms with Gasteiger partial charge in [0, 0.05) is 29.2 Å². The Hall–Kier alpha value is -2.62. The maximum atomic E-state index is 4.67. The van der Waals surface area contributed by atoms with E-state index >= 15 is 0 Å². The van der Waals surface area contributed by atoms with Crippen LogP contribution in [0.1, 0.15) is 25.0 Å². The maximum Gasteiger partial charge on any atom is 0.229 e. The molecule has 0 saturated heterocycles. The third-order valence-corrected chi connectivity index (χ3v) is 4.08. The lowest BCUT2D eigenvalue weighted by molar-refractivity contribution is 1.09. The number of nitrogens with one attached hydrogen (secondary N) is 1. The molecule has 0 unspecified atom stereocenters. The van der Waals surface area contributed by atoms with Gasteiger partial charge < -0.3 is 9.88 Å². The van der Waals surface area contributed by atoms with Crippen molar-refractivity contribution in [1.82, 2.24) is 14.5 Å². The van der Waals surface area contributed by atoms with Crippen molar-refractivity contribution in [3.05, 3.63) is 53.9 Å². The van der Waals surface area contributed by atoms with Crippen molar-refractivity contribution in [1.29, 1.82) is 0 Å². The predicted molar refractivity (Wildman–Crippen MR) is 92.3 cm³/mol. The van der Waals surface area contributed by atoms with E-state index in [4.69, 9.17) is 0 Å². The fourth-order valence-corrected chi connectivity index (χ4v) is 2.41. The lowest BCUT2D eigenvalue weighted by atomic mass is 10.1. The smallest absolute Gasteiger partial charge is 0.229 e. The van der Waals surface area contributed by atoms with Crippen LogP contribution >= 0.6 is 0 Å². The average Bonchev–Trinajstić information content (AvgIpc) is 2.94. The molecule has 0 radical (unpaired) electrons. The van der Waals surface area contributed by atoms with Gasteiger partial charge in [0.15, 0.2) is 0 Å². The van der Waals surface area contributed by atoms with Gasteiger partial charge in [0.05, 0.1) is 0 Å². The Morgan fingerprint density at radius 2 is 2.05 bits per heavy atom. The molecule has 0 aliphatic carbocycles. The van der Waals surface area contributed by atoms with Crippen LogP contribution < -0.4 is 5.32 Å². The molecule has 0 bridgehead atoms. The van der Waals surface area contributed by atoms with Crippen molar-refractivity contribution in [3.8, 4) is 0 Å². The lowest BCUT2D eigenvalue weighted by Gasteiger charge is -2.10. The molecular weight excluding hydrogens is 272 g/mol. The maximum absolute atomic E-state index is 4.67. The first-order valence-electron chi connectivity index (χ1n) is 7.41. The van der Waals surface area contributed by atoms with E-state index < -0.39 is 0 Å². The number of rotatable bonds is 3. The zero-order valence-electron chi connectivity index (χ0n) is 13.4. The van der Waals surface area contributed by atoms with Gasteiger partial charge >= 0.3 is 0 Å². The third kappa shape index (κ3) is 2.48. The van der Waals surface area contributed by atoms with Crippen molar-refractivity contribution in [2.45, 2.75) is 27.7 Å². The molecule has 0 spiro atoms. The second-order valence-corrected chi connectivity index (χ2v) is 5.46. The summed E-state index contributed by atoms with van der Waals surface area (Å²) in [5, 5.41) is 4.36. The molecule has 3 aromatic rings. The number of benzene rings is 1. The highest BCUT2D eigenvalue weighted by Crippen LogP contribution is 2.23. The first kappa shape index (κ1) is 14.3. The summed E-state index contributed by atoms with van der Waals surface area (Å²) in [6.45, 7) is 8.30. The number of nitrogens with zero attached hydrogens (tertiary/aromatic N) is 3. The van der Waals surface area contributed by atoms with Crippen LogP contribution in [0.3, 0.4) is 0 Å². The summed E-state index contributed by atoms with van der Waals surface area (Å²) in [7, 11) is 0. The standard InChI is InChI=1S/C18H20N4/c1-5-13(3)22-10-9-15-11-19-18(21-17(15)22)20-16-8-6-7-12(2)14(16)4/h5-11H,1-4H3,(H,19,20,21)/b13-5+. The Morgan fingerprint density at radius 3 is 2.82 bits per heavy atom. The predicted octanol–water partition coefficient (Wildman–Crippen LogP) is 4.67. The molecule has 3 rings (SSSR count). The van der Waals surface area contributed by atoms with Crippen LogP contribution in [-0.2, 0) is 0 Å². The number of hydrogen-bond donors (Lipinski definition) is 1. The van der Waals surface area contributed by atoms with Gasteiger partial charge in [-0.1, -0.05) is 18.2 Å². The fraction of sp³-hybridized carbons (Fsp3) is 0.222. The van der Waals surface area contributed by atoms with Crippen molar-refractivity contribution >= 4 is 28.4 Å². The number of allylic oxidation sites excluding steroid dienone is 2. The van der Waals surface area contributed by atoms with Gasteiger partial charge in [0.1, 0.15) is 5.65 Å². The summed E-state index contributed by atoms with van der Waals surface area (Å²) >= 11 is 0. The van der Waals surface area contributed by atoms with Crippen LogP contribution in [-0.4, -0.2) is 14.5 Å². The van der Waals surface area contributed by atoms with E-state index in [0.717, 1.165) is 22.4 Å². The average molecular weight is 292 g/mol. The summed E-state index contributed by atoms with van der Waals surface area (Å²) in [6.07, 6.45) is 5.95. The minimum absolute atomic E-state index is 0.616. The number of fused-ring (bicyclic) bond motifs is 1. The summed E-state index contributed by atoms with van der Waals surface area (Å²) in [5.41, 5.74) is 5.57. The monoisotopic (exact) mass is 292 g/mol. The molecule has 0 atom stereocenters. The van der Waals surface area contributed by atoms with Crippen LogP contribution in [0.15, 0.2) is 42.7 Å². The fourth-order valence-electron chi connectivity index (χ4n) is 2.41. The van der Waals surface area contributed by atoms with E-state index in [9.17, 15) is 0 Å². The molecule has 2 aromatic heterocycles. The van der Waals surface area contributed by atoms with E-state index in [2.05, 4.69) is 52.8 Å². The largest absolute Gasteiger partial charge is 0.324 e. The first-order valence-corrected chi connectivity index (χ1v) is 7.41. The van der Waals surface area contributed by atoms with Crippen LogP contribution in [0.25, 0.3) is 16.7 Å². The molecule has 0 aliphatic rings. The van der Waals surface area contributed by atoms with Crippen LogP contribution in [0.4, 0.5) is 11.6 Å². The molecule has 4 heteroatoms. The van der Waals surface area contributed by atoms with Gasteiger partial charge in [-0.3, -0.25) is 0 Å². The molecule has 0 amide bonds. The highest BCUT2D eigenvalue weighted by atomic mass is 15.1. The zero-order chi connectivity index (χ0) is 15.7. The molecule has 4 nitrogen and oxygen atoms in total. The lowest BCUT2D eigenvalue weighted by Crippen LogP contribution is -2.01. The number of anilines is 2. The summed E-state index contributed by atoms with van der Waals surface area (Å²) < 4.78 is 2.07. The van der Waals surface area contributed by atoms with Gasteiger partial charge in [-0.15, -0.1) is 0 Å². The molecule has 1 aromatic carbocycles. The summed E-state index contributed by atoms with van der Waals surface area (Å²) in [4.78, 5) is 9.09. The normalized spacial score (nSPS) is 11.9. The summed E-state index contributed by atoms with van der Waals surface area (Å²) in [5.74, 6) is 0.616. The zero-order valence-corrected chi connectivity index (χ0v) is 13.4. The van der Waals surface area contributed by atoms with Gasteiger partial charge in [-0.05, 0) is 51.0 Å². The molecule has 0 aliphatic heterocycles. The SMILES string of the molecule is C/C=C(\C)n1ccc2cnc(Nc3cccc(C)c3C)nc21. The Balaban J connectivity index is 2.03. The Kier molecular flexibility index (Phi) is 3.67. The molecular formula is C18H20N4. The van der Waals surface area contributed by atoms with Gasteiger partial charge in [0.25, 0.3) is 0 Å². The minimum Gasteiger partial charge on any atom is -0.324 e. The van der Waals surface area contributed by atoms with Crippen molar-refractivity contribution in [3.63, 3.8) is 0 Å². The highest BCUT2D eigenvalue weighted by Gasteiger charge is 2.08.